The number of rotatable bonds is 1. The van der Waals surface area contributed by atoms with E-state index in [9.17, 15) is 0 Å². The van der Waals surface area contributed by atoms with E-state index >= 15 is 0 Å². The summed E-state index contributed by atoms with van der Waals surface area (Å²) in [5, 5.41) is 13.5. The summed E-state index contributed by atoms with van der Waals surface area (Å²) >= 11 is 0. The number of carboxylic acid groups (broad SMARTS) is 1. The molecule has 0 unspecified atom stereocenters. The van der Waals surface area contributed by atoms with Crippen LogP contribution in [0.25, 0.3) is 6.08 Å². The second-order valence-electron chi connectivity index (χ2n) is 2.59. The quantitative estimate of drug-likeness (QED) is 0.347. The first-order chi connectivity index (χ1) is 8.40. The van der Waals surface area contributed by atoms with Crippen LogP contribution in [0.5, 0.6) is 0 Å². The maximum atomic E-state index is 9.00. The normalized spacial score (nSPS) is 6.72. The van der Waals surface area contributed by atoms with E-state index in [0.29, 0.717) is 0 Å². The molecule has 0 amide bonds. The Hall–Kier alpha value is -2.56. The van der Waals surface area contributed by atoms with Gasteiger partial charge < -0.3 is 16.6 Å². The lowest BCUT2D eigenvalue weighted by atomic mass is 10.2. The molecule has 18 heavy (non-hydrogen) atoms. The molecule has 0 atom stereocenters. The Morgan fingerprint density at radius 2 is 1.56 bits per heavy atom. The van der Waals surface area contributed by atoms with Crippen LogP contribution in [0.1, 0.15) is 12.5 Å². The molecule has 1 aromatic carbocycles. The van der Waals surface area contributed by atoms with Gasteiger partial charge in [-0.2, -0.15) is 0 Å². The third kappa shape index (κ3) is 37.6. The highest BCUT2D eigenvalue weighted by Gasteiger charge is 1.75. The number of hydrogen-bond donors (Lipinski definition) is 4. The number of guanidine groups is 1. The van der Waals surface area contributed by atoms with Gasteiger partial charge in [-0.15, -0.1) is 13.2 Å². The second kappa shape index (κ2) is 16.9. The Kier molecular flexibility index (Phi) is 19.5. The van der Waals surface area contributed by atoms with Crippen molar-refractivity contribution < 1.29 is 9.90 Å². The molecule has 0 heterocycles. The van der Waals surface area contributed by atoms with Gasteiger partial charge >= 0.3 is 0 Å². The number of aliphatic carboxylic acids is 1. The molecule has 0 spiro atoms. The highest BCUT2D eigenvalue weighted by atomic mass is 16.4. The van der Waals surface area contributed by atoms with E-state index in [1.165, 1.54) is 5.56 Å². The second-order valence-corrected chi connectivity index (χ2v) is 2.59. The van der Waals surface area contributed by atoms with Gasteiger partial charge in [0.15, 0.2) is 5.96 Å². The van der Waals surface area contributed by atoms with Crippen molar-refractivity contribution >= 4 is 18.0 Å². The zero-order valence-corrected chi connectivity index (χ0v) is 10.6. The monoisotopic (exact) mass is 251 g/mol. The molecule has 5 heteroatoms. The molecule has 0 aromatic heterocycles. The predicted octanol–water partition coefficient (Wildman–Crippen LogP) is 2.06. The average molecular weight is 251 g/mol. The Labute approximate surface area is 108 Å². The van der Waals surface area contributed by atoms with Gasteiger partial charge in [0.25, 0.3) is 5.97 Å². The fraction of sp³-hybridized carbons (Fsp3) is 0.0769. The van der Waals surface area contributed by atoms with Crippen molar-refractivity contribution in [1.29, 1.82) is 5.41 Å². The summed E-state index contributed by atoms with van der Waals surface area (Å²) in [4.78, 5) is 9.00. The fourth-order valence-corrected chi connectivity index (χ4v) is 0.589. The smallest absolute Gasteiger partial charge is 0.300 e. The summed E-state index contributed by atoms with van der Waals surface area (Å²) < 4.78 is 0. The van der Waals surface area contributed by atoms with Crippen LogP contribution in [0.15, 0.2) is 50.1 Å². The number of carbonyl (C=O) groups is 1. The first-order valence-corrected chi connectivity index (χ1v) is 4.86. The van der Waals surface area contributed by atoms with Crippen LogP contribution in [-0.2, 0) is 4.79 Å². The highest BCUT2D eigenvalue weighted by Crippen LogP contribution is 1.97. The SMILES string of the molecule is C=C.C=Cc1ccccc1.CC(=O)O.N=C(N)N. The van der Waals surface area contributed by atoms with Crippen LogP contribution < -0.4 is 11.5 Å². The summed E-state index contributed by atoms with van der Waals surface area (Å²) in [7, 11) is 0. The molecule has 0 aliphatic rings. The first-order valence-electron chi connectivity index (χ1n) is 4.86. The fourth-order valence-electron chi connectivity index (χ4n) is 0.589. The number of nitrogens with one attached hydrogen (secondary N) is 1. The minimum absolute atomic E-state index is 0.333. The van der Waals surface area contributed by atoms with Crippen LogP contribution in [0, 0.1) is 5.41 Å². The van der Waals surface area contributed by atoms with Gasteiger partial charge in [-0.1, -0.05) is 43.0 Å². The van der Waals surface area contributed by atoms with E-state index in [1.54, 1.807) is 0 Å². The molecular formula is C13H21N3O2. The van der Waals surface area contributed by atoms with Gasteiger partial charge in [0.1, 0.15) is 0 Å². The Bertz CT molecular complexity index is 317. The van der Waals surface area contributed by atoms with Crippen molar-refractivity contribution in [2.75, 3.05) is 0 Å². The maximum absolute atomic E-state index is 9.00. The molecule has 0 saturated carbocycles. The van der Waals surface area contributed by atoms with Gasteiger partial charge in [0.2, 0.25) is 0 Å². The van der Waals surface area contributed by atoms with Crippen molar-refractivity contribution in [2.24, 2.45) is 11.5 Å². The lowest BCUT2D eigenvalue weighted by molar-refractivity contribution is -0.134. The summed E-state index contributed by atoms with van der Waals surface area (Å²) in [5.74, 6) is -1.17. The molecule has 6 N–H and O–H groups in total. The zero-order valence-electron chi connectivity index (χ0n) is 10.6. The minimum Gasteiger partial charge on any atom is -0.481 e. The predicted molar refractivity (Wildman–Crippen MR) is 77.2 cm³/mol. The van der Waals surface area contributed by atoms with Crippen molar-refractivity contribution in [3.8, 4) is 0 Å². The van der Waals surface area contributed by atoms with Crippen molar-refractivity contribution in [1.82, 2.24) is 0 Å². The molecule has 0 bridgehead atoms. The van der Waals surface area contributed by atoms with Crippen molar-refractivity contribution in [2.45, 2.75) is 6.92 Å². The third-order valence-electron chi connectivity index (χ3n) is 1.04. The molecule has 1 rings (SSSR count). The van der Waals surface area contributed by atoms with E-state index in [2.05, 4.69) is 31.2 Å². The van der Waals surface area contributed by atoms with E-state index in [-0.39, 0.29) is 5.96 Å². The number of hydrogen-bond acceptors (Lipinski definition) is 2. The Morgan fingerprint density at radius 3 is 1.72 bits per heavy atom. The molecule has 0 saturated heterocycles. The molecule has 0 aliphatic heterocycles. The summed E-state index contributed by atoms with van der Waals surface area (Å²) in [6.07, 6.45) is 1.83. The van der Waals surface area contributed by atoms with E-state index in [4.69, 9.17) is 15.3 Å². The largest absolute Gasteiger partial charge is 0.481 e. The molecule has 1 aromatic rings. The molecule has 0 fully saturated rings. The lowest BCUT2D eigenvalue weighted by Crippen LogP contribution is -2.20. The molecule has 0 aliphatic carbocycles. The standard InChI is InChI=1S/C8H8.C2H4O2.C2H4.CH5N3/c1-2-8-6-4-3-5-7-8;1-2(3)4;1-2;2-1(3)4/h2-7H,1H2;1H3,(H,3,4);1-2H2;(H5,2,3,4). The summed E-state index contributed by atoms with van der Waals surface area (Å²) in [6.45, 7) is 10.7. The summed E-state index contributed by atoms with van der Waals surface area (Å²) in [6, 6.07) is 10.0. The molecular weight excluding hydrogens is 230 g/mol. The molecule has 100 valence electrons. The van der Waals surface area contributed by atoms with Gasteiger partial charge in [0.05, 0.1) is 0 Å². The minimum atomic E-state index is -0.833. The number of nitrogens with two attached hydrogens (primary N) is 2. The topological polar surface area (TPSA) is 113 Å². The average Bonchev–Trinajstić information content (AvgIpc) is 2.31. The van der Waals surface area contributed by atoms with Crippen LogP contribution in [0.4, 0.5) is 0 Å². The van der Waals surface area contributed by atoms with Gasteiger partial charge in [-0.3, -0.25) is 10.2 Å². The summed E-state index contributed by atoms with van der Waals surface area (Å²) in [5.41, 5.74) is 10.1. The van der Waals surface area contributed by atoms with E-state index in [0.717, 1.165) is 6.92 Å². The van der Waals surface area contributed by atoms with Gasteiger partial charge in [-0.05, 0) is 5.56 Å². The van der Waals surface area contributed by atoms with Gasteiger partial charge in [-0.25, -0.2) is 0 Å². The van der Waals surface area contributed by atoms with E-state index in [1.807, 2.05) is 36.4 Å². The number of benzene rings is 1. The first kappa shape index (κ1) is 20.8. The maximum Gasteiger partial charge on any atom is 0.300 e. The van der Waals surface area contributed by atoms with Crippen molar-refractivity contribution in [3.05, 3.63) is 55.6 Å². The van der Waals surface area contributed by atoms with E-state index < -0.39 is 5.97 Å². The van der Waals surface area contributed by atoms with Crippen LogP contribution in [0.3, 0.4) is 0 Å². The van der Waals surface area contributed by atoms with Crippen LogP contribution in [-0.4, -0.2) is 17.0 Å². The zero-order chi connectivity index (χ0) is 15.0. The molecule has 0 radical (unpaired) electrons. The Morgan fingerprint density at radius 1 is 1.28 bits per heavy atom. The number of carboxylic acids is 1. The third-order valence-corrected chi connectivity index (χ3v) is 1.04. The van der Waals surface area contributed by atoms with Crippen molar-refractivity contribution in [3.63, 3.8) is 0 Å². The lowest BCUT2D eigenvalue weighted by Gasteiger charge is -1.85. The highest BCUT2D eigenvalue weighted by molar-refractivity contribution is 5.71. The van der Waals surface area contributed by atoms with Crippen LogP contribution in [0.2, 0.25) is 0 Å². The molecule has 5 nitrogen and oxygen atoms in total. The van der Waals surface area contributed by atoms with Gasteiger partial charge in [0, 0.05) is 6.92 Å². The Balaban J connectivity index is -0.000000194. The van der Waals surface area contributed by atoms with Crippen LogP contribution >= 0.6 is 0 Å².